The van der Waals surface area contributed by atoms with Crippen LogP contribution in [0.2, 0.25) is 0 Å². The van der Waals surface area contributed by atoms with Crippen molar-refractivity contribution in [1.82, 2.24) is 16.0 Å². The zero-order valence-corrected chi connectivity index (χ0v) is 19.9. The number of guanidine groups is 1. The second kappa shape index (κ2) is 12.1. The summed E-state index contributed by atoms with van der Waals surface area (Å²) in [4.78, 5) is 16.4. The summed E-state index contributed by atoms with van der Waals surface area (Å²) in [5.74, 6) is 0.871. The molecule has 1 aliphatic rings. The molecular formula is C21H36IN5O. The van der Waals surface area contributed by atoms with Gasteiger partial charge in [0.15, 0.2) is 5.96 Å². The van der Waals surface area contributed by atoms with E-state index < -0.39 is 0 Å². The van der Waals surface area contributed by atoms with Gasteiger partial charge in [0, 0.05) is 24.8 Å². The first-order chi connectivity index (χ1) is 13.0. The summed E-state index contributed by atoms with van der Waals surface area (Å²) in [7, 11) is 0. The number of benzene rings is 1. The van der Waals surface area contributed by atoms with Gasteiger partial charge in [0.05, 0.1) is 6.54 Å². The molecular weight excluding hydrogens is 465 g/mol. The van der Waals surface area contributed by atoms with E-state index in [1.165, 1.54) is 25.7 Å². The normalized spacial score (nSPS) is 15.2. The quantitative estimate of drug-likeness (QED) is 0.241. The maximum Gasteiger partial charge on any atom is 0.319 e. The molecule has 1 fully saturated rings. The standard InChI is InChI=1S/C21H35N5O.HI/c1-5-21(12-7-13-21)15-24-19(22-6-2)23-14-17-8-10-18(11-9-17)26-20(27)25-16(3)4;/h8-11,16H,5-7,12-15H2,1-4H3,(H2,22,23,24)(H2,25,26,27);1H. The number of hydrogen-bond donors (Lipinski definition) is 4. The molecule has 28 heavy (non-hydrogen) atoms. The number of rotatable bonds is 8. The lowest BCUT2D eigenvalue weighted by Crippen LogP contribution is -2.46. The van der Waals surface area contributed by atoms with E-state index in [4.69, 9.17) is 4.99 Å². The summed E-state index contributed by atoms with van der Waals surface area (Å²) in [5.41, 5.74) is 2.34. The molecule has 7 heteroatoms. The van der Waals surface area contributed by atoms with Gasteiger partial charge in [-0.2, -0.15) is 0 Å². The Hall–Kier alpha value is -1.51. The van der Waals surface area contributed by atoms with Crippen LogP contribution in [0.25, 0.3) is 0 Å². The van der Waals surface area contributed by atoms with Crippen molar-refractivity contribution in [2.24, 2.45) is 10.4 Å². The summed E-state index contributed by atoms with van der Waals surface area (Å²) in [6.45, 7) is 10.7. The van der Waals surface area contributed by atoms with Crippen LogP contribution in [0.15, 0.2) is 29.3 Å². The van der Waals surface area contributed by atoms with Crippen LogP contribution in [-0.4, -0.2) is 31.1 Å². The van der Waals surface area contributed by atoms with Gasteiger partial charge in [-0.1, -0.05) is 25.5 Å². The van der Waals surface area contributed by atoms with Crippen molar-refractivity contribution in [3.63, 3.8) is 0 Å². The molecule has 0 atom stereocenters. The molecule has 1 aromatic carbocycles. The third kappa shape index (κ3) is 7.85. The number of urea groups is 1. The van der Waals surface area contributed by atoms with Crippen molar-refractivity contribution in [3.8, 4) is 0 Å². The molecule has 4 N–H and O–H groups in total. The number of nitrogens with zero attached hydrogens (tertiary/aromatic N) is 1. The predicted molar refractivity (Wildman–Crippen MR) is 129 cm³/mol. The Balaban J connectivity index is 0.00000392. The Kier molecular flexibility index (Phi) is 10.6. The molecule has 1 saturated carbocycles. The topological polar surface area (TPSA) is 77.5 Å². The van der Waals surface area contributed by atoms with Crippen LogP contribution < -0.4 is 21.3 Å². The molecule has 6 nitrogen and oxygen atoms in total. The molecule has 2 amide bonds. The number of halogens is 1. The van der Waals surface area contributed by atoms with Crippen LogP contribution in [0.5, 0.6) is 0 Å². The molecule has 0 unspecified atom stereocenters. The highest BCUT2D eigenvalue weighted by Crippen LogP contribution is 2.42. The summed E-state index contributed by atoms with van der Waals surface area (Å²) >= 11 is 0. The fraction of sp³-hybridized carbons (Fsp3) is 0.619. The lowest BCUT2D eigenvalue weighted by Gasteiger charge is -2.41. The summed E-state index contributed by atoms with van der Waals surface area (Å²) in [6, 6.07) is 7.74. The molecule has 0 aliphatic heterocycles. The second-order valence-electron chi connectivity index (χ2n) is 7.71. The highest BCUT2D eigenvalue weighted by Gasteiger charge is 2.34. The molecule has 0 radical (unpaired) electrons. The van der Waals surface area contributed by atoms with Crippen LogP contribution in [0, 0.1) is 5.41 Å². The zero-order chi connectivity index (χ0) is 19.7. The Morgan fingerprint density at radius 3 is 2.32 bits per heavy atom. The number of hydrogen-bond acceptors (Lipinski definition) is 2. The lowest BCUT2D eigenvalue weighted by molar-refractivity contribution is 0.131. The van der Waals surface area contributed by atoms with Gasteiger partial charge in [0.25, 0.3) is 0 Å². The minimum atomic E-state index is -0.185. The van der Waals surface area contributed by atoms with E-state index in [0.29, 0.717) is 12.0 Å². The average Bonchev–Trinajstić information content (AvgIpc) is 2.59. The van der Waals surface area contributed by atoms with Gasteiger partial charge in [-0.25, -0.2) is 9.79 Å². The van der Waals surface area contributed by atoms with E-state index in [-0.39, 0.29) is 36.0 Å². The van der Waals surface area contributed by atoms with Crippen LogP contribution in [0.1, 0.15) is 58.9 Å². The Labute approximate surface area is 186 Å². The fourth-order valence-electron chi connectivity index (χ4n) is 3.24. The summed E-state index contributed by atoms with van der Waals surface area (Å²) < 4.78 is 0. The highest BCUT2D eigenvalue weighted by atomic mass is 127. The zero-order valence-electron chi connectivity index (χ0n) is 17.6. The van der Waals surface area contributed by atoms with Gasteiger partial charge in [0.2, 0.25) is 0 Å². The molecule has 0 saturated heterocycles. The van der Waals surface area contributed by atoms with Crippen molar-refractivity contribution in [2.75, 3.05) is 18.4 Å². The average molecular weight is 501 g/mol. The van der Waals surface area contributed by atoms with Crippen molar-refractivity contribution in [3.05, 3.63) is 29.8 Å². The van der Waals surface area contributed by atoms with Crippen molar-refractivity contribution in [1.29, 1.82) is 0 Å². The Morgan fingerprint density at radius 2 is 1.82 bits per heavy atom. The van der Waals surface area contributed by atoms with Gasteiger partial charge in [0.1, 0.15) is 0 Å². The third-order valence-corrected chi connectivity index (χ3v) is 5.19. The van der Waals surface area contributed by atoms with Crippen LogP contribution in [-0.2, 0) is 6.54 Å². The van der Waals surface area contributed by atoms with E-state index in [2.05, 4.69) is 35.1 Å². The van der Waals surface area contributed by atoms with E-state index in [1.807, 2.05) is 38.1 Å². The maximum atomic E-state index is 11.7. The van der Waals surface area contributed by atoms with E-state index >= 15 is 0 Å². The largest absolute Gasteiger partial charge is 0.357 e. The van der Waals surface area contributed by atoms with Crippen LogP contribution in [0.4, 0.5) is 10.5 Å². The van der Waals surface area contributed by atoms with Crippen LogP contribution in [0.3, 0.4) is 0 Å². The minimum absolute atomic E-state index is 0. The van der Waals surface area contributed by atoms with E-state index in [9.17, 15) is 4.79 Å². The fourth-order valence-corrected chi connectivity index (χ4v) is 3.24. The number of carbonyl (C=O) groups excluding carboxylic acids is 1. The number of anilines is 1. The number of aliphatic imine (C=N–C) groups is 1. The molecule has 0 heterocycles. The molecule has 1 aliphatic carbocycles. The molecule has 0 aromatic heterocycles. The Morgan fingerprint density at radius 1 is 1.14 bits per heavy atom. The van der Waals surface area contributed by atoms with Gasteiger partial charge in [-0.05, 0) is 63.1 Å². The lowest BCUT2D eigenvalue weighted by atomic mass is 9.67. The monoisotopic (exact) mass is 501 g/mol. The van der Waals surface area contributed by atoms with Gasteiger partial charge < -0.3 is 21.3 Å². The molecule has 158 valence electrons. The molecule has 0 bridgehead atoms. The smallest absolute Gasteiger partial charge is 0.319 e. The first kappa shape index (κ1) is 24.5. The molecule has 1 aromatic rings. The number of amides is 2. The molecule has 0 spiro atoms. The number of nitrogens with one attached hydrogen (secondary N) is 4. The van der Waals surface area contributed by atoms with Gasteiger partial charge >= 0.3 is 6.03 Å². The Bertz CT molecular complexity index is 621. The van der Waals surface area contributed by atoms with Gasteiger partial charge in [-0.3, -0.25) is 0 Å². The highest BCUT2D eigenvalue weighted by molar-refractivity contribution is 14.0. The van der Waals surface area contributed by atoms with Crippen molar-refractivity contribution in [2.45, 2.75) is 66.0 Å². The third-order valence-electron chi connectivity index (χ3n) is 5.19. The van der Waals surface area contributed by atoms with Crippen LogP contribution >= 0.6 is 24.0 Å². The van der Waals surface area contributed by atoms with E-state index in [1.54, 1.807) is 0 Å². The van der Waals surface area contributed by atoms with Crippen molar-refractivity contribution < 1.29 is 4.79 Å². The SMILES string of the molecule is CCNC(=NCc1ccc(NC(=O)NC(C)C)cc1)NCC1(CC)CCC1.I. The van der Waals surface area contributed by atoms with Crippen molar-refractivity contribution >= 4 is 41.7 Å². The first-order valence-corrected chi connectivity index (χ1v) is 10.1. The second-order valence-corrected chi connectivity index (χ2v) is 7.71. The summed E-state index contributed by atoms with van der Waals surface area (Å²) in [5, 5.41) is 12.5. The first-order valence-electron chi connectivity index (χ1n) is 10.1. The predicted octanol–water partition coefficient (Wildman–Crippen LogP) is 4.47. The number of carbonyl (C=O) groups is 1. The minimum Gasteiger partial charge on any atom is -0.357 e. The van der Waals surface area contributed by atoms with E-state index in [0.717, 1.165) is 30.3 Å². The van der Waals surface area contributed by atoms with Gasteiger partial charge in [-0.15, -0.1) is 24.0 Å². The molecule has 2 rings (SSSR count). The summed E-state index contributed by atoms with van der Waals surface area (Å²) in [6.07, 6.45) is 5.19. The maximum absolute atomic E-state index is 11.7.